The summed E-state index contributed by atoms with van der Waals surface area (Å²) in [5, 5.41) is 4.01. The fourth-order valence-corrected chi connectivity index (χ4v) is 3.30. The molecule has 0 aliphatic heterocycles. The first-order valence-corrected chi connectivity index (χ1v) is 10.2. The molecule has 0 spiro atoms. The van der Waals surface area contributed by atoms with Crippen molar-refractivity contribution in [2.75, 3.05) is 20.3 Å². The maximum absolute atomic E-state index is 12.2. The Morgan fingerprint density at radius 2 is 1.97 bits per heavy atom. The molecule has 0 saturated heterocycles. The summed E-state index contributed by atoms with van der Waals surface area (Å²) >= 11 is 3.40. The van der Waals surface area contributed by atoms with Gasteiger partial charge in [0.05, 0.1) is 30.8 Å². The predicted octanol–water partition coefficient (Wildman–Crippen LogP) is 3.71. The van der Waals surface area contributed by atoms with Crippen molar-refractivity contribution in [2.45, 2.75) is 27.2 Å². The topological polar surface area (TPSA) is 86.2 Å². The third kappa shape index (κ3) is 6.88. The molecule has 2 aromatic carbocycles. The van der Waals surface area contributed by atoms with Crippen LogP contribution in [0, 0.1) is 13.8 Å². The van der Waals surface area contributed by atoms with Gasteiger partial charge in [0.25, 0.3) is 0 Å². The van der Waals surface area contributed by atoms with E-state index in [0.717, 1.165) is 16.7 Å². The van der Waals surface area contributed by atoms with Crippen LogP contribution in [0.4, 0.5) is 0 Å². The molecule has 0 unspecified atom stereocenters. The van der Waals surface area contributed by atoms with Crippen LogP contribution in [-0.2, 0) is 20.7 Å². The maximum Gasteiger partial charge on any atom is 0.344 e. The lowest BCUT2D eigenvalue weighted by atomic mass is 10.0. The van der Waals surface area contributed by atoms with Gasteiger partial charge in [-0.3, -0.25) is 4.79 Å². The second-order valence-electron chi connectivity index (χ2n) is 6.53. The van der Waals surface area contributed by atoms with Gasteiger partial charge in [0.2, 0.25) is 5.91 Å². The fourth-order valence-electron chi connectivity index (χ4n) is 2.72. The van der Waals surface area contributed by atoms with Gasteiger partial charge in [0.1, 0.15) is 0 Å². The van der Waals surface area contributed by atoms with Gasteiger partial charge in [-0.2, -0.15) is 5.10 Å². The molecule has 2 aromatic rings. The number of hydrogen-bond acceptors (Lipinski definition) is 6. The lowest BCUT2D eigenvalue weighted by molar-refractivity contribution is -0.145. The number of benzene rings is 2. The molecule has 160 valence electrons. The molecule has 1 amide bonds. The minimum Gasteiger partial charge on any atom is -0.493 e. The number of rotatable bonds is 9. The number of nitrogens with zero attached hydrogens (tertiary/aromatic N) is 1. The molecule has 8 heteroatoms. The van der Waals surface area contributed by atoms with Crippen LogP contribution in [0.15, 0.2) is 39.9 Å². The molecule has 0 saturated carbocycles. The van der Waals surface area contributed by atoms with Crippen LogP contribution in [-0.4, -0.2) is 38.4 Å². The molecule has 1 N–H and O–H groups in total. The van der Waals surface area contributed by atoms with E-state index in [0.29, 0.717) is 21.5 Å². The Balaban J connectivity index is 2.01. The SMILES string of the molecule is CCOC(=O)COc1c(Br)cc(/C=N/NC(=O)Cc2ccc(C)cc2C)cc1OC. The number of carbonyl (C=O) groups is 2. The van der Waals surface area contributed by atoms with Gasteiger partial charge in [-0.1, -0.05) is 23.8 Å². The van der Waals surface area contributed by atoms with Crippen LogP contribution in [0.1, 0.15) is 29.2 Å². The number of nitrogens with one attached hydrogen (secondary N) is 1. The lowest BCUT2D eigenvalue weighted by Gasteiger charge is -2.13. The number of halogens is 1. The highest BCUT2D eigenvalue weighted by atomic mass is 79.9. The molecule has 0 heterocycles. The van der Waals surface area contributed by atoms with Gasteiger partial charge in [-0.15, -0.1) is 0 Å². The molecule has 0 aliphatic carbocycles. The summed E-state index contributed by atoms with van der Waals surface area (Å²) in [5.41, 5.74) is 6.39. The van der Waals surface area contributed by atoms with Gasteiger partial charge >= 0.3 is 5.97 Å². The zero-order chi connectivity index (χ0) is 22.1. The fraction of sp³-hybridized carbons (Fsp3) is 0.318. The first kappa shape index (κ1) is 23.4. The van der Waals surface area contributed by atoms with Gasteiger partial charge in [-0.05, 0) is 65.5 Å². The van der Waals surface area contributed by atoms with Crippen LogP contribution in [0.25, 0.3) is 0 Å². The summed E-state index contributed by atoms with van der Waals surface area (Å²) in [5.74, 6) is 0.112. The monoisotopic (exact) mass is 476 g/mol. The van der Waals surface area contributed by atoms with Crippen molar-refractivity contribution < 1.29 is 23.8 Å². The van der Waals surface area contributed by atoms with E-state index in [-0.39, 0.29) is 25.5 Å². The van der Waals surface area contributed by atoms with E-state index in [2.05, 4.69) is 26.5 Å². The smallest absolute Gasteiger partial charge is 0.344 e. The van der Waals surface area contributed by atoms with Crippen LogP contribution in [0.2, 0.25) is 0 Å². The number of methoxy groups -OCH3 is 1. The molecule has 0 aliphatic rings. The summed E-state index contributed by atoms with van der Waals surface area (Å²) in [7, 11) is 1.49. The molecule has 0 atom stereocenters. The second-order valence-corrected chi connectivity index (χ2v) is 7.38. The highest BCUT2D eigenvalue weighted by molar-refractivity contribution is 9.10. The Hall–Kier alpha value is -2.87. The molecule has 2 rings (SSSR count). The average molecular weight is 477 g/mol. The zero-order valence-corrected chi connectivity index (χ0v) is 19.0. The predicted molar refractivity (Wildman–Crippen MR) is 118 cm³/mol. The number of amides is 1. The standard InChI is InChI=1S/C22H25BrN2O5/c1-5-29-21(27)13-30-22-18(23)9-16(10-19(22)28-4)12-24-25-20(26)11-17-7-6-14(2)8-15(17)3/h6-10,12H,5,11,13H2,1-4H3,(H,25,26)/b24-12+. The molecule has 30 heavy (non-hydrogen) atoms. The third-order valence-corrected chi connectivity index (χ3v) is 4.73. The van der Waals surface area contributed by atoms with Gasteiger partial charge in [0, 0.05) is 0 Å². The quantitative estimate of drug-likeness (QED) is 0.338. The minimum absolute atomic E-state index is 0.210. The Morgan fingerprint density at radius 3 is 2.63 bits per heavy atom. The maximum atomic E-state index is 12.2. The van der Waals surface area contributed by atoms with E-state index in [1.54, 1.807) is 19.1 Å². The van der Waals surface area contributed by atoms with Crippen molar-refractivity contribution in [1.82, 2.24) is 5.43 Å². The Morgan fingerprint density at radius 1 is 1.20 bits per heavy atom. The van der Waals surface area contributed by atoms with Crippen LogP contribution in [0.3, 0.4) is 0 Å². The zero-order valence-electron chi connectivity index (χ0n) is 17.5. The molecule has 0 bridgehead atoms. The molecular weight excluding hydrogens is 452 g/mol. The van der Waals surface area contributed by atoms with Crippen LogP contribution < -0.4 is 14.9 Å². The van der Waals surface area contributed by atoms with E-state index in [4.69, 9.17) is 14.2 Å². The number of aryl methyl sites for hydroxylation is 2. The van der Waals surface area contributed by atoms with E-state index >= 15 is 0 Å². The lowest BCUT2D eigenvalue weighted by Crippen LogP contribution is -2.20. The van der Waals surface area contributed by atoms with Crippen molar-refractivity contribution in [3.63, 3.8) is 0 Å². The van der Waals surface area contributed by atoms with Crippen LogP contribution >= 0.6 is 15.9 Å². The summed E-state index contributed by atoms with van der Waals surface area (Å²) in [6, 6.07) is 9.40. The van der Waals surface area contributed by atoms with Crippen molar-refractivity contribution in [3.05, 3.63) is 57.1 Å². The van der Waals surface area contributed by atoms with E-state index in [9.17, 15) is 9.59 Å². The molecule has 0 aromatic heterocycles. The average Bonchev–Trinajstić information content (AvgIpc) is 2.69. The summed E-state index contributed by atoms with van der Waals surface area (Å²) in [4.78, 5) is 23.7. The Kier molecular flexibility index (Phi) is 8.86. The van der Waals surface area contributed by atoms with E-state index in [1.165, 1.54) is 13.3 Å². The number of hydrogen-bond donors (Lipinski definition) is 1. The van der Waals surface area contributed by atoms with Crippen molar-refractivity contribution in [1.29, 1.82) is 0 Å². The van der Waals surface area contributed by atoms with Crippen LogP contribution in [0.5, 0.6) is 11.5 Å². The largest absolute Gasteiger partial charge is 0.493 e. The highest BCUT2D eigenvalue weighted by Gasteiger charge is 2.13. The molecular formula is C22H25BrN2O5. The molecule has 0 fully saturated rings. The van der Waals surface area contributed by atoms with E-state index in [1.807, 2.05) is 32.0 Å². The number of ether oxygens (including phenoxy) is 3. The van der Waals surface area contributed by atoms with Crippen molar-refractivity contribution in [3.8, 4) is 11.5 Å². The second kappa shape index (κ2) is 11.3. The third-order valence-electron chi connectivity index (χ3n) is 4.14. The van der Waals surface area contributed by atoms with Gasteiger partial charge in [0.15, 0.2) is 18.1 Å². The van der Waals surface area contributed by atoms with Gasteiger partial charge in [-0.25, -0.2) is 10.2 Å². The Bertz CT molecular complexity index is 943. The summed E-state index contributed by atoms with van der Waals surface area (Å²) < 4.78 is 16.3. The first-order chi connectivity index (χ1) is 14.3. The molecule has 0 radical (unpaired) electrons. The number of carbonyl (C=O) groups excluding carboxylic acids is 2. The molecule has 7 nitrogen and oxygen atoms in total. The van der Waals surface area contributed by atoms with Crippen molar-refractivity contribution >= 4 is 34.0 Å². The Labute approximate surface area is 184 Å². The first-order valence-electron chi connectivity index (χ1n) is 9.38. The number of hydrazone groups is 1. The highest BCUT2D eigenvalue weighted by Crippen LogP contribution is 2.36. The van der Waals surface area contributed by atoms with Crippen molar-refractivity contribution in [2.24, 2.45) is 5.10 Å². The summed E-state index contributed by atoms with van der Waals surface area (Å²) in [6.07, 6.45) is 1.75. The number of esters is 1. The summed E-state index contributed by atoms with van der Waals surface area (Å²) in [6.45, 7) is 5.77. The normalized spacial score (nSPS) is 10.7. The van der Waals surface area contributed by atoms with Gasteiger partial charge < -0.3 is 14.2 Å². The minimum atomic E-state index is -0.469. The van der Waals surface area contributed by atoms with E-state index < -0.39 is 5.97 Å².